The van der Waals surface area contributed by atoms with E-state index in [0.717, 1.165) is 23.3 Å². The zero-order valence-corrected chi connectivity index (χ0v) is 7.93. The molecule has 0 saturated heterocycles. The lowest BCUT2D eigenvalue weighted by molar-refractivity contribution is -0.116. The van der Waals surface area contributed by atoms with Gasteiger partial charge in [-0.05, 0) is 29.3 Å². The lowest BCUT2D eigenvalue weighted by Crippen LogP contribution is -2.17. The van der Waals surface area contributed by atoms with E-state index in [1.54, 1.807) is 18.2 Å². The van der Waals surface area contributed by atoms with Crippen LogP contribution in [0.4, 0.5) is 0 Å². The fraction of sp³-hybridized carbons (Fsp3) is 0.182. The number of hydrogen-bond donors (Lipinski definition) is 0. The van der Waals surface area contributed by atoms with E-state index >= 15 is 0 Å². The second-order valence-electron chi connectivity index (χ2n) is 3.16. The highest BCUT2D eigenvalue weighted by Gasteiger charge is 2.09. The predicted molar refractivity (Wildman–Crippen MR) is 53.6 cm³/mol. The first kappa shape index (κ1) is 8.81. The first-order chi connectivity index (χ1) is 6.83. The topological polar surface area (TPSA) is 29.5 Å². The molecule has 0 atom stereocenters. The molecule has 1 heterocycles. The van der Waals surface area contributed by atoms with Crippen molar-refractivity contribution in [1.29, 1.82) is 0 Å². The molecular weight excluding hydrogens is 178 g/mol. The summed E-state index contributed by atoms with van der Waals surface area (Å²) in [6.45, 7) is 0.618. The Bertz CT molecular complexity index is 385. The van der Waals surface area contributed by atoms with Crippen molar-refractivity contribution < 1.29 is 9.53 Å². The van der Waals surface area contributed by atoms with Crippen LogP contribution in [0.25, 0.3) is 6.08 Å². The van der Waals surface area contributed by atoms with Crippen LogP contribution in [0.15, 0.2) is 24.4 Å². The highest BCUT2D eigenvalue weighted by molar-refractivity contribution is 5.62. The maximum Gasteiger partial charge on any atom is 0.213 e. The molecule has 2 rings (SSSR count). The number of amides is 1. The van der Waals surface area contributed by atoms with Gasteiger partial charge in [-0.2, -0.15) is 0 Å². The Morgan fingerprint density at radius 2 is 2.36 bits per heavy atom. The monoisotopic (exact) mass is 189 g/mol. The van der Waals surface area contributed by atoms with E-state index in [2.05, 4.69) is 0 Å². The van der Waals surface area contributed by atoms with Crippen molar-refractivity contribution in [3.8, 4) is 5.75 Å². The molecule has 0 aliphatic carbocycles. The minimum absolute atomic E-state index is 0.618. The summed E-state index contributed by atoms with van der Waals surface area (Å²) in [5.41, 5.74) is 2.25. The maximum absolute atomic E-state index is 10.6. The highest BCUT2D eigenvalue weighted by atomic mass is 16.5. The minimum Gasteiger partial charge on any atom is -0.497 e. The van der Waals surface area contributed by atoms with Crippen LogP contribution in [0.5, 0.6) is 5.75 Å². The van der Waals surface area contributed by atoms with Gasteiger partial charge in [-0.1, -0.05) is 6.07 Å². The van der Waals surface area contributed by atoms with Crippen molar-refractivity contribution in [2.45, 2.75) is 6.54 Å². The zero-order valence-electron chi connectivity index (χ0n) is 7.93. The van der Waals surface area contributed by atoms with Crippen molar-refractivity contribution >= 4 is 12.5 Å². The summed E-state index contributed by atoms with van der Waals surface area (Å²) in [6, 6.07) is 5.86. The largest absolute Gasteiger partial charge is 0.497 e. The van der Waals surface area contributed by atoms with Crippen LogP contribution in [0.1, 0.15) is 11.1 Å². The molecule has 1 aliphatic heterocycles. The van der Waals surface area contributed by atoms with Gasteiger partial charge in [0.1, 0.15) is 5.75 Å². The Hall–Kier alpha value is -1.77. The molecule has 14 heavy (non-hydrogen) atoms. The van der Waals surface area contributed by atoms with Gasteiger partial charge in [-0.3, -0.25) is 4.79 Å². The third kappa shape index (κ3) is 1.48. The highest BCUT2D eigenvalue weighted by Crippen LogP contribution is 2.23. The molecule has 3 nitrogen and oxygen atoms in total. The summed E-state index contributed by atoms with van der Waals surface area (Å²) in [5.74, 6) is 0.824. The van der Waals surface area contributed by atoms with Crippen LogP contribution in [0.2, 0.25) is 0 Å². The van der Waals surface area contributed by atoms with Gasteiger partial charge in [0, 0.05) is 6.20 Å². The summed E-state index contributed by atoms with van der Waals surface area (Å²) >= 11 is 0. The number of carbonyl (C=O) groups excluding carboxylic acids is 1. The average Bonchev–Trinajstić information content (AvgIpc) is 2.27. The first-order valence-electron chi connectivity index (χ1n) is 4.39. The van der Waals surface area contributed by atoms with Gasteiger partial charge in [-0.25, -0.2) is 0 Å². The minimum atomic E-state index is 0.618. The van der Waals surface area contributed by atoms with Crippen molar-refractivity contribution in [3.05, 3.63) is 35.5 Å². The standard InChI is InChI=1S/C11H11NO2/c1-14-11-3-2-9-4-5-12(8-13)7-10(9)6-11/h2-6,8H,7H2,1H3. The number of methoxy groups -OCH3 is 1. The Kier molecular flexibility index (Phi) is 2.23. The van der Waals surface area contributed by atoms with E-state index < -0.39 is 0 Å². The van der Waals surface area contributed by atoms with Gasteiger partial charge < -0.3 is 9.64 Å². The third-order valence-corrected chi connectivity index (χ3v) is 2.28. The van der Waals surface area contributed by atoms with Gasteiger partial charge in [0.15, 0.2) is 0 Å². The SMILES string of the molecule is COc1ccc2c(c1)CN(C=O)C=C2. The lowest BCUT2D eigenvalue weighted by Gasteiger charge is -2.19. The molecular formula is C11H11NO2. The van der Waals surface area contributed by atoms with Crippen molar-refractivity contribution in [1.82, 2.24) is 4.90 Å². The molecule has 72 valence electrons. The number of rotatable bonds is 2. The molecule has 0 spiro atoms. The van der Waals surface area contributed by atoms with E-state index in [0.29, 0.717) is 6.54 Å². The molecule has 0 bridgehead atoms. The number of ether oxygens (including phenoxy) is 1. The number of benzene rings is 1. The fourth-order valence-electron chi connectivity index (χ4n) is 1.51. The zero-order chi connectivity index (χ0) is 9.97. The molecule has 1 aliphatic rings. The average molecular weight is 189 g/mol. The number of fused-ring (bicyclic) bond motifs is 1. The number of carbonyl (C=O) groups is 1. The summed E-state index contributed by atoms with van der Waals surface area (Å²) in [4.78, 5) is 12.2. The smallest absolute Gasteiger partial charge is 0.213 e. The summed E-state index contributed by atoms with van der Waals surface area (Å²) in [6.07, 6.45) is 4.52. The summed E-state index contributed by atoms with van der Waals surface area (Å²) in [7, 11) is 1.64. The molecule has 1 aromatic rings. The van der Waals surface area contributed by atoms with Crippen molar-refractivity contribution in [2.75, 3.05) is 7.11 Å². The fourth-order valence-corrected chi connectivity index (χ4v) is 1.51. The second-order valence-corrected chi connectivity index (χ2v) is 3.16. The molecule has 1 amide bonds. The lowest BCUT2D eigenvalue weighted by atomic mass is 10.0. The van der Waals surface area contributed by atoms with Crippen LogP contribution in [0.3, 0.4) is 0 Å². The summed E-state index contributed by atoms with van der Waals surface area (Å²) < 4.78 is 5.12. The third-order valence-electron chi connectivity index (χ3n) is 2.28. The van der Waals surface area contributed by atoms with E-state index in [9.17, 15) is 4.79 Å². The molecule has 0 unspecified atom stereocenters. The van der Waals surface area contributed by atoms with E-state index in [-0.39, 0.29) is 0 Å². The number of nitrogens with zero attached hydrogens (tertiary/aromatic N) is 1. The normalized spacial score (nSPS) is 13.6. The van der Waals surface area contributed by atoms with Gasteiger partial charge in [0.25, 0.3) is 0 Å². The van der Waals surface area contributed by atoms with E-state index in [1.807, 2.05) is 24.3 Å². The Morgan fingerprint density at radius 1 is 1.50 bits per heavy atom. The maximum atomic E-state index is 10.6. The Balaban J connectivity index is 2.37. The number of hydrogen-bond acceptors (Lipinski definition) is 2. The van der Waals surface area contributed by atoms with Crippen LogP contribution in [-0.4, -0.2) is 18.4 Å². The van der Waals surface area contributed by atoms with Gasteiger partial charge in [0.05, 0.1) is 13.7 Å². The van der Waals surface area contributed by atoms with Crippen molar-refractivity contribution in [3.63, 3.8) is 0 Å². The van der Waals surface area contributed by atoms with Crippen LogP contribution in [0, 0.1) is 0 Å². The molecule has 1 aromatic carbocycles. The van der Waals surface area contributed by atoms with Gasteiger partial charge in [-0.15, -0.1) is 0 Å². The van der Waals surface area contributed by atoms with Crippen LogP contribution < -0.4 is 4.74 Å². The van der Waals surface area contributed by atoms with E-state index in [1.165, 1.54) is 0 Å². The predicted octanol–water partition coefficient (Wildman–Crippen LogP) is 1.64. The second kappa shape index (κ2) is 3.54. The van der Waals surface area contributed by atoms with Crippen molar-refractivity contribution in [2.24, 2.45) is 0 Å². The van der Waals surface area contributed by atoms with Gasteiger partial charge in [0.2, 0.25) is 6.41 Å². The quantitative estimate of drug-likeness (QED) is 0.662. The van der Waals surface area contributed by atoms with E-state index in [4.69, 9.17) is 4.74 Å². The van der Waals surface area contributed by atoms with Crippen LogP contribution >= 0.6 is 0 Å². The van der Waals surface area contributed by atoms with Gasteiger partial charge >= 0.3 is 0 Å². The molecule has 3 heteroatoms. The molecule has 0 saturated carbocycles. The first-order valence-corrected chi connectivity index (χ1v) is 4.39. The molecule has 0 radical (unpaired) electrons. The Labute approximate surface area is 82.6 Å². The molecule has 0 N–H and O–H groups in total. The Morgan fingerprint density at radius 3 is 3.07 bits per heavy atom. The molecule has 0 aromatic heterocycles. The molecule has 0 fully saturated rings. The van der Waals surface area contributed by atoms with Crippen LogP contribution in [-0.2, 0) is 11.3 Å². The summed E-state index contributed by atoms with van der Waals surface area (Å²) in [5, 5.41) is 0.